The maximum absolute atomic E-state index is 12.4. The van der Waals surface area contributed by atoms with Crippen molar-refractivity contribution < 1.29 is 26.7 Å². The van der Waals surface area contributed by atoms with Crippen LogP contribution in [0.5, 0.6) is 5.75 Å². The van der Waals surface area contributed by atoms with Gasteiger partial charge in [-0.2, -0.15) is 0 Å². The Morgan fingerprint density at radius 2 is 1.94 bits per heavy atom. The van der Waals surface area contributed by atoms with Crippen LogP contribution in [-0.4, -0.2) is 11.3 Å². The Hall–Kier alpha value is -0.630. The first-order chi connectivity index (χ1) is 7.20. The molecule has 0 unspecified atom stereocenters. The molecular formula is C7H2BrClF5NO. The van der Waals surface area contributed by atoms with Crippen molar-refractivity contribution >= 4 is 27.5 Å². The minimum Gasteiger partial charge on any atom is -0.402 e. The van der Waals surface area contributed by atoms with Gasteiger partial charge in [-0.05, 0) is 22.0 Å². The molecule has 0 atom stereocenters. The van der Waals surface area contributed by atoms with Crippen molar-refractivity contribution in [2.24, 2.45) is 0 Å². The van der Waals surface area contributed by atoms with Crippen molar-refractivity contribution in [1.29, 1.82) is 0 Å². The van der Waals surface area contributed by atoms with Gasteiger partial charge in [0.05, 0.1) is 4.47 Å². The molecule has 0 bridgehead atoms. The van der Waals surface area contributed by atoms with Crippen LogP contribution in [0.1, 0.15) is 12.1 Å². The number of halogens is 7. The van der Waals surface area contributed by atoms with Gasteiger partial charge in [-0.15, -0.1) is 13.2 Å². The standard InChI is InChI=1S/C7H2BrClF5NO/c8-2-1-3(9)15-4(6(10)11)5(2)16-7(12,13)14/h1,6H. The fourth-order valence-electron chi connectivity index (χ4n) is 0.855. The van der Waals surface area contributed by atoms with E-state index in [0.29, 0.717) is 0 Å². The molecule has 1 aromatic heterocycles. The zero-order valence-corrected chi connectivity index (χ0v) is 9.50. The Morgan fingerprint density at radius 1 is 1.38 bits per heavy atom. The van der Waals surface area contributed by atoms with Gasteiger partial charge >= 0.3 is 6.36 Å². The number of aromatic nitrogens is 1. The van der Waals surface area contributed by atoms with Gasteiger partial charge in [0.1, 0.15) is 5.15 Å². The zero-order valence-electron chi connectivity index (χ0n) is 7.16. The van der Waals surface area contributed by atoms with E-state index in [4.69, 9.17) is 11.6 Å². The maximum Gasteiger partial charge on any atom is 0.573 e. The SMILES string of the molecule is FC(F)c1nc(Cl)cc(Br)c1OC(F)(F)F. The molecule has 0 aliphatic heterocycles. The van der Waals surface area contributed by atoms with Crippen LogP contribution in [0.4, 0.5) is 22.0 Å². The molecule has 1 rings (SSSR count). The summed E-state index contributed by atoms with van der Waals surface area (Å²) in [6, 6.07) is 0.925. The molecule has 1 aromatic rings. The van der Waals surface area contributed by atoms with Crippen LogP contribution in [0.15, 0.2) is 10.5 Å². The Kier molecular flexibility index (Phi) is 3.95. The molecule has 0 aliphatic rings. The second-order valence-corrected chi connectivity index (χ2v) is 3.73. The van der Waals surface area contributed by atoms with Crippen LogP contribution in [0.25, 0.3) is 0 Å². The molecule has 1 heterocycles. The number of ether oxygens (including phenoxy) is 1. The van der Waals surface area contributed by atoms with E-state index in [0.717, 1.165) is 6.07 Å². The van der Waals surface area contributed by atoms with Crippen LogP contribution in [0.2, 0.25) is 5.15 Å². The Morgan fingerprint density at radius 3 is 2.38 bits per heavy atom. The van der Waals surface area contributed by atoms with Crippen molar-refractivity contribution in [2.45, 2.75) is 12.8 Å². The molecule has 0 aromatic carbocycles. The lowest BCUT2D eigenvalue weighted by atomic mass is 10.3. The fourth-order valence-corrected chi connectivity index (χ4v) is 1.69. The highest BCUT2D eigenvalue weighted by Crippen LogP contribution is 2.38. The van der Waals surface area contributed by atoms with Gasteiger partial charge in [-0.25, -0.2) is 13.8 Å². The Balaban J connectivity index is 3.25. The summed E-state index contributed by atoms with van der Waals surface area (Å²) in [6.07, 6.45) is -8.31. The number of hydrogen-bond acceptors (Lipinski definition) is 2. The first kappa shape index (κ1) is 13.4. The molecule has 0 saturated carbocycles. The molecule has 0 spiro atoms. The third-order valence-electron chi connectivity index (χ3n) is 1.35. The second kappa shape index (κ2) is 4.70. The number of pyridine rings is 1. The summed E-state index contributed by atoms with van der Waals surface area (Å²) < 4.78 is 63.6. The van der Waals surface area contributed by atoms with E-state index in [-0.39, 0.29) is 9.63 Å². The largest absolute Gasteiger partial charge is 0.573 e. The lowest BCUT2D eigenvalue weighted by Crippen LogP contribution is -2.19. The highest BCUT2D eigenvalue weighted by Gasteiger charge is 2.35. The van der Waals surface area contributed by atoms with Crippen molar-refractivity contribution in [2.75, 3.05) is 0 Å². The first-order valence-corrected chi connectivity index (χ1v) is 4.77. The summed E-state index contributed by atoms with van der Waals surface area (Å²) in [4.78, 5) is 3.08. The van der Waals surface area contributed by atoms with Crippen molar-refractivity contribution in [1.82, 2.24) is 4.98 Å². The van der Waals surface area contributed by atoms with Crippen molar-refractivity contribution in [3.63, 3.8) is 0 Å². The lowest BCUT2D eigenvalue weighted by molar-refractivity contribution is -0.275. The smallest absolute Gasteiger partial charge is 0.402 e. The molecule has 0 amide bonds. The van der Waals surface area contributed by atoms with E-state index in [9.17, 15) is 22.0 Å². The van der Waals surface area contributed by atoms with Gasteiger partial charge in [0.25, 0.3) is 6.43 Å². The Bertz CT molecular complexity index is 397. The summed E-state index contributed by atoms with van der Waals surface area (Å²) >= 11 is 7.96. The minimum absolute atomic E-state index is 0.347. The van der Waals surface area contributed by atoms with Crippen LogP contribution >= 0.6 is 27.5 Å². The van der Waals surface area contributed by atoms with Crippen LogP contribution in [0.3, 0.4) is 0 Å². The highest BCUT2D eigenvalue weighted by molar-refractivity contribution is 9.10. The van der Waals surface area contributed by atoms with E-state index < -0.39 is 24.2 Å². The molecule has 0 fully saturated rings. The fraction of sp³-hybridized carbons (Fsp3) is 0.286. The monoisotopic (exact) mass is 325 g/mol. The third-order valence-corrected chi connectivity index (χ3v) is 2.13. The summed E-state index contributed by atoms with van der Waals surface area (Å²) in [5.74, 6) is -1.09. The molecular weight excluding hydrogens is 324 g/mol. The van der Waals surface area contributed by atoms with Gasteiger partial charge in [-0.3, -0.25) is 0 Å². The van der Waals surface area contributed by atoms with Gasteiger partial charge in [0, 0.05) is 0 Å². The Labute approximate surface area is 99.5 Å². The normalized spacial score (nSPS) is 12.0. The average molecular weight is 326 g/mol. The maximum atomic E-state index is 12.4. The first-order valence-electron chi connectivity index (χ1n) is 3.60. The summed E-state index contributed by atoms with van der Waals surface area (Å²) in [5.41, 5.74) is -1.17. The molecule has 0 aliphatic carbocycles. The number of rotatable bonds is 2. The molecule has 16 heavy (non-hydrogen) atoms. The van der Waals surface area contributed by atoms with E-state index in [1.165, 1.54) is 0 Å². The zero-order chi connectivity index (χ0) is 12.5. The predicted octanol–water partition coefficient (Wildman–Crippen LogP) is 4.33. The van der Waals surface area contributed by atoms with Crippen molar-refractivity contribution in [3.05, 3.63) is 21.4 Å². The van der Waals surface area contributed by atoms with E-state index >= 15 is 0 Å². The number of hydrogen-bond donors (Lipinski definition) is 0. The van der Waals surface area contributed by atoms with Crippen LogP contribution in [-0.2, 0) is 0 Å². The van der Waals surface area contributed by atoms with Gasteiger partial charge in [-0.1, -0.05) is 11.6 Å². The summed E-state index contributed by atoms with van der Waals surface area (Å²) in [5, 5.41) is -0.364. The molecule has 0 N–H and O–H groups in total. The molecule has 90 valence electrons. The average Bonchev–Trinajstić information content (AvgIpc) is 2.07. The number of nitrogens with zero attached hydrogens (tertiary/aromatic N) is 1. The van der Waals surface area contributed by atoms with Gasteiger partial charge < -0.3 is 4.74 Å². The van der Waals surface area contributed by atoms with Crippen LogP contribution in [0, 0.1) is 0 Å². The molecule has 0 saturated heterocycles. The van der Waals surface area contributed by atoms with Crippen LogP contribution < -0.4 is 4.74 Å². The van der Waals surface area contributed by atoms with E-state index in [1.807, 2.05) is 0 Å². The van der Waals surface area contributed by atoms with Gasteiger partial charge in [0.15, 0.2) is 11.4 Å². The molecule has 9 heteroatoms. The van der Waals surface area contributed by atoms with Crippen molar-refractivity contribution in [3.8, 4) is 5.75 Å². The second-order valence-electron chi connectivity index (χ2n) is 2.49. The third kappa shape index (κ3) is 3.44. The van der Waals surface area contributed by atoms with Gasteiger partial charge in [0.2, 0.25) is 0 Å². The predicted molar refractivity (Wildman–Crippen MR) is 48.6 cm³/mol. The minimum atomic E-state index is -5.08. The molecule has 0 radical (unpaired) electrons. The quantitative estimate of drug-likeness (QED) is 0.596. The summed E-state index contributed by atoms with van der Waals surface area (Å²) in [6.45, 7) is 0. The van der Waals surface area contributed by atoms with E-state index in [1.54, 1.807) is 0 Å². The highest BCUT2D eigenvalue weighted by atomic mass is 79.9. The van der Waals surface area contributed by atoms with E-state index in [2.05, 4.69) is 25.7 Å². The summed E-state index contributed by atoms with van der Waals surface area (Å²) in [7, 11) is 0. The lowest BCUT2D eigenvalue weighted by Gasteiger charge is -2.13. The molecule has 2 nitrogen and oxygen atoms in total. The topological polar surface area (TPSA) is 22.1 Å². The number of alkyl halides is 5.